The van der Waals surface area contributed by atoms with Crippen LogP contribution in [0.25, 0.3) is 0 Å². The largest absolute Gasteiger partial charge is 0.506 e. The Balaban J connectivity index is 0. The summed E-state index contributed by atoms with van der Waals surface area (Å²) in [5.74, 6) is 0.178. The van der Waals surface area contributed by atoms with E-state index in [9.17, 15) is 5.11 Å². The van der Waals surface area contributed by atoms with Crippen LogP contribution in [0.15, 0.2) is 6.20 Å². The lowest BCUT2D eigenvalue weighted by molar-refractivity contribution is 0.278. The number of aryl methyl sites for hydroxylation is 1. The Labute approximate surface area is 108 Å². The molecule has 1 aromatic rings. The Hall–Kier alpha value is -0.550. The van der Waals surface area contributed by atoms with Crippen molar-refractivity contribution in [3.8, 4) is 5.75 Å². The number of rotatable bonds is 4. The van der Waals surface area contributed by atoms with Crippen molar-refractivity contribution in [2.24, 2.45) is 0 Å². The lowest BCUT2D eigenvalue weighted by Crippen LogP contribution is -2.14. The SMILES string of the molecule is CCNCc1c(CO)cnc(C)c1O.Cl.Cl. The Bertz CT molecular complexity index is 322. The minimum Gasteiger partial charge on any atom is -0.506 e. The summed E-state index contributed by atoms with van der Waals surface area (Å²) in [5.41, 5.74) is 2.01. The van der Waals surface area contributed by atoms with Crippen molar-refractivity contribution < 1.29 is 10.2 Å². The Morgan fingerprint density at radius 2 is 2.00 bits per heavy atom. The summed E-state index contributed by atoms with van der Waals surface area (Å²) in [6.07, 6.45) is 1.60. The fraction of sp³-hybridized carbons (Fsp3) is 0.500. The zero-order chi connectivity index (χ0) is 10.6. The van der Waals surface area contributed by atoms with Gasteiger partial charge >= 0.3 is 0 Å². The number of nitrogens with zero attached hydrogens (tertiary/aromatic N) is 1. The molecule has 94 valence electrons. The molecule has 0 aliphatic rings. The second-order valence-electron chi connectivity index (χ2n) is 3.13. The van der Waals surface area contributed by atoms with Crippen molar-refractivity contribution in [1.29, 1.82) is 0 Å². The zero-order valence-electron chi connectivity index (χ0n) is 9.36. The summed E-state index contributed by atoms with van der Waals surface area (Å²) in [4.78, 5) is 3.98. The predicted molar refractivity (Wildman–Crippen MR) is 68.4 cm³/mol. The zero-order valence-corrected chi connectivity index (χ0v) is 11.0. The van der Waals surface area contributed by atoms with Crippen molar-refractivity contribution in [2.75, 3.05) is 6.54 Å². The number of pyridine rings is 1. The van der Waals surface area contributed by atoms with Crippen molar-refractivity contribution in [2.45, 2.75) is 27.0 Å². The number of aliphatic hydroxyl groups excluding tert-OH is 1. The van der Waals surface area contributed by atoms with Crippen LogP contribution in [0, 0.1) is 6.92 Å². The molecule has 1 heterocycles. The first-order chi connectivity index (χ1) is 6.70. The van der Waals surface area contributed by atoms with Gasteiger partial charge in [0.15, 0.2) is 0 Å². The van der Waals surface area contributed by atoms with E-state index < -0.39 is 0 Å². The quantitative estimate of drug-likeness (QED) is 0.775. The fourth-order valence-electron chi connectivity index (χ4n) is 1.27. The molecule has 0 spiro atoms. The van der Waals surface area contributed by atoms with Crippen LogP contribution < -0.4 is 5.32 Å². The van der Waals surface area contributed by atoms with Crippen molar-refractivity contribution in [3.05, 3.63) is 23.0 Å². The molecule has 0 fully saturated rings. The molecule has 4 nitrogen and oxygen atoms in total. The molecular formula is C10H18Cl2N2O2. The van der Waals surface area contributed by atoms with Gasteiger partial charge in [0.05, 0.1) is 12.3 Å². The van der Waals surface area contributed by atoms with Crippen LogP contribution in [-0.4, -0.2) is 21.7 Å². The number of aliphatic hydroxyl groups is 1. The summed E-state index contributed by atoms with van der Waals surface area (Å²) in [6, 6.07) is 0. The molecule has 6 heteroatoms. The van der Waals surface area contributed by atoms with Gasteiger partial charge in [0.1, 0.15) is 5.75 Å². The average Bonchev–Trinajstić information content (AvgIpc) is 2.20. The van der Waals surface area contributed by atoms with E-state index in [1.165, 1.54) is 0 Å². The van der Waals surface area contributed by atoms with Crippen molar-refractivity contribution >= 4 is 24.8 Å². The molecule has 0 aromatic carbocycles. The number of nitrogens with one attached hydrogen (secondary N) is 1. The van der Waals surface area contributed by atoms with Gasteiger partial charge in [-0.15, -0.1) is 24.8 Å². The summed E-state index contributed by atoms with van der Waals surface area (Å²) < 4.78 is 0. The number of hydrogen-bond acceptors (Lipinski definition) is 4. The highest BCUT2D eigenvalue weighted by Crippen LogP contribution is 2.23. The van der Waals surface area contributed by atoms with Gasteiger partial charge in [-0.05, 0) is 13.5 Å². The second-order valence-corrected chi connectivity index (χ2v) is 3.13. The molecule has 0 aliphatic heterocycles. The first kappa shape index (κ1) is 17.8. The third-order valence-electron chi connectivity index (χ3n) is 2.15. The summed E-state index contributed by atoms with van der Waals surface area (Å²) >= 11 is 0. The highest BCUT2D eigenvalue weighted by atomic mass is 35.5. The van der Waals surface area contributed by atoms with E-state index in [2.05, 4.69) is 10.3 Å². The highest BCUT2D eigenvalue weighted by Gasteiger charge is 2.09. The third-order valence-corrected chi connectivity index (χ3v) is 2.15. The maximum atomic E-state index is 9.72. The van der Waals surface area contributed by atoms with Gasteiger partial charge in [-0.2, -0.15) is 0 Å². The molecule has 0 saturated heterocycles. The summed E-state index contributed by atoms with van der Waals surface area (Å²) in [6.45, 7) is 5.02. The maximum absolute atomic E-state index is 9.72. The van der Waals surface area contributed by atoms with Gasteiger partial charge in [-0.25, -0.2) is 0 Å². The smallest absolute Gasteiger partial charge is 0.141 e. The van der Waals surface area contributed by atoms with E-state index >= 15 is 0 Å². The fourth-order valence-corrected chi connectivity index (χ4v) is 1.27. The van der Waals surface area contributed by atoms with Crippen LogP contribution in [0.4, 0.5) is 0 Å². The lowest BCUT2D eigenvalue weighted by Gasteiger charge is -2.11. The first-order valence-electron chi connectivity index (χ1n) is 4.68. The van der Waals surface area contributed by atoms with Crippen LogP contribution in [0.5, 0.6) is 5.75 Å². The van der Waals surface area contributed by atoms with Gasteiger partial charge in [0.2, 0.25) is 0 Å². The minimum atomic E-state index is -0.0957. The van der Waals surface area contributed by atoms with Gasteiger partial charge in [-0.1, -0.05) is 6.92 Å². The van der Waals surface area contributed by atoms with Crippen LogP contribution >= 0.6 is 24.8 Å². The number of aromatic nitrogens is 1. The third kappa shape index (κ3) is 4.14. The number of halogens is 2. The average molecular weight is 269 g/mol. The molecule has 1 aromatic heterocycles. The second kappa shape index (κ2) is 8.58. The Morgan fingerprint density at radius 3 is 2.50 bits per heavy atom. The number of hydrogen-bond donors (Lipinski definition) is 3. The predicted octanol–water partition coefficient (Wildman–Crippen LogP) is 1.54. The molecule has 0 unspecified atom stereocenters. The van der Waals surface area contributed by atoms with Crippen molar-refractivity contribution in [1.82, 2.24) is 10.3 Å². The molecule has 3 N–H and O–H groups in total. The van der Waals surface area contributed by atoms with Crippen LogP contribution in [-0.2, 0) is 13.2 Å². The van der Waals surface area contributed by atoms with E-state index in [1.807, 2.05) is 6.92 Å². The van der Waals surface area contributed by atoms with E-state index in [-0.39, 0.29) is 37.2 Å². The standard InChI is InChI=1S/C10H16N2O2.2ClH/c1-3-11-5-9-8(6-13)4-12-7(2)10(9)14;;/h4,11,13-14H,3,5-6H2,1-2H3;2*1H. The van der Waals surface area contributed by atoms with Crippen molar-refractivity contribution in [3.63, 3.8) is 0 Å². The normalized spacial score (nSPS) is 9.19. The molecular weight excluding hydrogens is 251 g/mol. The highest BCUT2D eigenvalue weighted by molar-refractivity contribution is 5.85. The molecule has 0 radical (unpaired) electrons. The Kier molecular flexibility index (Phi) is 9.57. The monoisotopic (exact) mass is 268 g/mol. The molecule has 0 aliphatic carbocycles. The topological polar surface area (TPSA) is 65.4 Å². The summed E-state index contributed by atoms with van der Waals surface area (Å²) in [7, 11) is 0. The number of aromatic hydroxyl groups is 1. The molecule has 1 rings (SSSR count). The summed E-state index contributed by atoms with van der Waals surface area (Å²) in [5, 5.41) is 21.9. The van der Waals surface area contributed by atoms with Crippen LogP contribution in [0.3, 0.4) is 0 Å². The van der Waals surface area contributed by atoms with E-state index in [4.69, 9.17) is 5.11 Å². The van der Waals surface area contributed by atoms with Gasteiger partial charge in [0.25, 0.3) is 0 Å². The van der Waals surface area contributed by atoms with Gasteiger partial charge < -0.3 is 15.5 Å². The molecule has 0 saturated carbocycles. The van der Waals surface area contributed by atoms with E-state index in [0.717, 1.165) is 12.1 Å². The Morgan fingerprint density at radius 1 is 1.38 bits per heavy atom. The molecule has 0 bridgehead atoms. The molecule has 16 heavy (non-hydrogen) atoms. The van der Waals surface area contributed by atoms with Crippen LogP contribution in [0.2, 0.25) is 0 Å². The van der Waals surface area contributed by atoms with Crippen LogP contribution in [0.1, 0.15) is 23.7 Å². The molecule has 0 atom stereocenters. The lowest BCUT2D eigenvalue weighted by atomic mass is 10.1. The van der Waals surface area contributed by atoms with Gasteiger partial charge in [0, 0.05) is 23.9 Å². The van der Waals surface area contributed by atoms with E-state index in [1.54, 1.807) is 13.1 Å². The van der Waals surface area contributed by atoms with E-state index in [0.29, 0.717) is 17.8 Å². The first-order valence-corrected chi connectivity index (χ1v) is 4.68. The minimum absolute atomic E-state index is 0. The van der Waals surface area contributed by atoms with Gasteiger partial charge in [-0.3, -0.25) is 4.98 Å². The molecule has 0 amide bonds. The maximum Gasteiger partial charge on any atom is 0.141 e.